The summed E-state index contributed by atoms with van der Waals surface area (Å²) in [5.41, 5.74) is 10.7. The molecular formula is C51H56N4O7S. The van der Waals surface area contributed by atoms with E-state index in [4.69, 9.17) is 15.8 Å². The quantitative estimate of drug-likeness (QED) is 0.0640. The molecular weight excluding hydrogens is 813 g/mol. The van der Waals surface area contributed by atoms with E-state index in [0.717, 1.165) is 74.2 Å². The van der Waals surface area contributed by atoms with E-state index in [0.29, 0.717) is 30.4 Å². The van der Waals surface area contributed by atoms with Crippen molar-refractivity contribution in [2.75, 3.05) is 20.2 Å². The van der Waals surface area contributed by atoms with Gasteiger partial charge < -0.3 is 24.8 Å². The second-order valence-corrected chi connectivity index (χ2v) is 19.1. The van der Waals surface area contributed by atoms with Gasteiger partial charge in [-0.3, -0.25) is 0 Å². The molecule has 0 aromatic heterocycles. The minimum absolute atomic E-state index is 0.0200. The van der Waals surface area contributed by atoms with Gasteiger partial charge in [0.15, 0.2) is 0 Å². The monoisotopic (exact) mass is 869 g/mol. The van der Waals surface area contributed by atoms with Crippen LogP contribution in [0, 0.1) is 20.8 Å². The maximum atomic E-state index is 14.8. The van der Waals surface area contributed by atoms with E-state index in [9.17, 15) is 23.1 Å². The van der Waals surface area contributed by atoms with Gasteiger partial charge in [-0.25, -0.2) is 27.7 Å². The number of benzene rings is 5. The van der Waals surface area contributed by atoms with Crippen molar-refractivity contribution < 1.29 is 34.0 Å². The van der Waals surface area contributed by atoms with Crippen LogP contribution >= 0.6 is 0 Å². The number of nitrogens with zero attached hydrogens (tertiary/aromatic N) is 2. The van der Waals surface area contributed by atoms with Crippen LogP contribution in [-0.4, -0.2) is 68.3 Å². The number of carboxylic acids is 1. The standard InChI is InChI=1S/C51H56N4O7S/c1-31-32(2)47(33(3)42-29-51(4,5)62-46(31)42)63(59,60)54-49(53-45-36-19-9-7-17-34(36)26-27-35-18-8-10-20-37(35)45)55(6)28-16-15-25-44(48(56)57)52-50(58)61-30-43-40-23-13-11-21-38(40)39-22-12-14-24-41(39)43/h7-14,17-24,43-45H,15-16,25-30H2,1-6H3,(H,52,58)(H,53,54)(H,56,57)/t44-/m0/s1/i6D. The Morgan fingerprint density at radius 2 is 1.43 bits per heavy atom. The number of amides is 1. The summed E-state index contributed by atoms with van der Waals surface area (Å²) >= 11 is 0. The summed E-state index contributed by atoms with van der Waals surface area (Å²) in [6, 6.07) is 30.3. The van der Waals surface area contributed by atoms with Crippen LogP contribution in [0.3, 0.4) is 0 Å². The number of aryl methyl sites for hydroxylation is 2. The zero-order valence-corrected chi connectivity index (χ0v) is 37.3. The second-order valence-electron chi connectivity index (χ2n) is 17.5. The number of nitrogens with one attached hydrogen (secondary N) is 2. The third-order valence-electron chi connectivity index (χ3n) is 12.8. The van der Waals surface area contributed by atoms with Crippen LogP contribution in [0.2, 0.25) is 0 Å². The summed E-state index contributed by atoms with van der Waals surface area (Å²) in [7, 11) is -4.62. The molecule has 1 atom stereocenters. The molecule has 1 heterocycles. The van der Waals surface area contributed by atoms with Gasteiger partial charge in [0.2, 0.25) is 5.96 Å². The van der Waals surface area contributed by atoms with Gasteiger partial charge in [0, 0.05) is 32.8 Å². The molecule has 3 aliphatic rings. The molecule has 0 unspecified atom stereocenters. The van der Waals surface area contributed by atoms with Crippen molar-refractivity contribution >= 4 is 28.0 Å². The van der Waals surface area contributed by atoms with Crippen molar-refractivity contribution in [1.29, 1.82) is 0 Å². The number of fused-ring (bicyclic) bond motifs is 6. The van der Waals surface area contributed by atoms with Crippen LogP contribution < -0.4 is 14.8 Å². The van der Waals surface area contributed by atoms with Gasteiger partial charge in [0.1, 0.15) is 30.0 Å². The predicted octanol–water partition coefficient (Wildman–Crippen LogP) is 8.94. The van der Waals surface area contributed by atoms with Crippen LogP contribution in [0.4, 0.5) is 4.79 Å². The number of rotatable bonds is 12. The van der Waals surface area contributed by atoms with Gasteiger partial charge in [-0.15, -0.1) is 0 Å². The van der Waals surface area contributed by atoms with E-state index in [1.54, 1.807) is 11.8 Å². The Balaban J connectivity index is 1.02. The molecule has 8 rings (SSSR count). The van der Waals surface area contributed by atoms with E-state index in [1.165, 1.54) is 0 Å². The number of hydrogen-bond acceptors (Lipinski definition) is 7. The normalized spacial score (nSPS) is 16.0. The summed E-state index contributed by atoms with van der Waals surface area (Å²) in [5.74, 6) is -0.631. The fourth-order valence-electron chi connectivity index (χ4n) is 9.54. The van der Waals surface area contributed by atoms with E-state index < -0.39 is 39.8 Å². The Labute approximate surface area is 372 Å². The molecule has 0 bridgehead atoms. The number of hydrogen-bond donors (Lipinski definition) is 3. The molecule has 1 amide bonds. The first kappa shape index (κ1) is 42.2. The maximum absolute atomic E-state index is 14.8. The zero-order chi connectivity index (χ0) is 45.3. The Morgan fingerprint density at radius 1 is 0.857 bits per heavy atom. The lowest BCUT2D eigenvalue weighted by atomic mass is 9.94. The highest BCUT2D eigenvalue weighted by Crippen LogP contribution is 2.45. The summed E-state index contributed by atoms with van der Waals surface area (Å²) in [5, 5.41) is 12.7. The highest BCUT2D eigenvalue weighted by molar-refractivity contribution is 7.90. The molecule has 2 aliphatic carbocycles. The van der Waals surface area contributed by atoms with Crippen molar-refractivity contribution in [2.24, 2.45) is 4.99 Å². The van der Waals surface area contributed by atoms with Gasteiger partial charge >= 0.3 is 12.1 Å². The molecule has 3 N–H and O–H groups in total. The third-order valence-corrected chi connectivity index (χ3v) is 14.4. The minimum atomic E-state index is -4.29. The number of carboxylic acid groups (broad SMARTS) is 1. The zero-order valence-electron chi connectivity index (χ0n) is 37.5. The number of unbranched alkanes of at least 4 members (excludes halogenated alkanes) is 1. The number of aliphatic imine (C=N–C) groups is 1. The first-order valence-corrected chi connectivity index (χ1v) is 23.1. The van der Waals surface area contributed by atoms with Crippen LogP contribution in [0.5, 0.6) is 5.75 Å². The highest BCUT2D eigenvalue weighted by atomic mass is 32.2. The average Bonchev–Trinajstić information content (AvgIpc) is 3.73. The number of guanidine groups is 1. The number of alkyl carbamates (subject to hydrolysis) is 1. The van der Waals surface area contributed by atoms with Crippen molar-refractivity contribution in [2.45, 2.75) is 102 Å². The number of carbonyl (C=O) groups is 2. The molecule has 0 saturated carbocycles. The Bertz CT molecular complexity index is 2660. The molecule has 1 aliphatic heterocycles. The summed E-state index contributed by atoms with van der Waals surface area (Å²) in [6.07, 6.45) is 2.11. The summed E-state index contributed by atoms with van der Waals surface area (Å²) < 4.78 is 53.2. The highest BCUT2D eigenvalue weighted by Gasteiger charge is 2.38. The van der Waals surface area contributed by atoms with E-state index in [1.807, 2.05) is 113 Å². The molecule has 11 nitrogen and oxygen atoms in total. The van der Waals surface area contributed by atoms with Crippen molar-refractivity contribution in [3.8, 4) is 16.9 Å². The van der Waals surface area contributed by atoms with Crippen LogP contribution in [0.1, 0.15) is 102 Å². The van der Waals surface area contributed by atoms with E-state index >= 15 is 0 Å². The van der Waals surface area contributed by atoms with Gasteiger partial charge in [-0.2, -0.15) is 0 Å². The Hall–Kier alpha value is -6.14. The fourth-order valence-corrected chi connectivity index (χ4v) is 11.2. The van der Waals surface area contributed by atoms with E-state index in [2.05, 4.69) is 22.2 Å². The van der Waals surface area contributed by atoms with Crippen LogP contribution in [-0.2, 0) is 38.8 Å². The van der Waals surface area contributed by atoms with Crippen molar-refractivity contribution in [1.82, 2.24) is 14.9 Å². The lowest BCUT2D eigenvalue weighted by molar-refractivity contribution is -0.139. The predicted molar refractivity (Wildman–Crippen MR) is 245 cm³/mol. The van der Waals surface area contributed by atoms with Crippen LogP contribution in [0.25, 0.3) is 11.1 Å². The third kappa shape index (κ3) is 8.78. The summed E-state index contributed by atoms with van der Waals surface area (Å²) in [6.45, 7) is 9.70. The minimum Gasteiger partial charge on any atom is -0.487 e. The smallest absolute Gasteiger partial charge is 0.407 e. The van der Waals surface area contributed by atoms with E-state index in [-0.39, 0.29) is 43.4 Å². The lowest BCUT2D eigenvalue weighted by Crippen LogP contribution is -2.43. The van der Waals surface area contributed by atoms with Gasteiger partial charge in [-0.05, 0) is 128 Å². The molecule has 0 fully saturated rings. The first-order chi connectivity index (χ1) is 30.7. The summed E-state index contributed by atoms with van der Waals surface area (Å²) in [4.78, 5) is 32.5. The number of ether oxygens (including phenoxy) is 2. The molecule has 12 heteroatoms. The molecule has 5 aromatic rings. The molecule has 0 radical (unpaired) electrons. The number of sulfonamides is 1. The van der Waals surface area contributed by atoms with Gasteiger partial charge in [0.25, 0.3) is 10.0 Å². The molecule has 0 spiro atoms. The molecule has 0 saturated heterocycles. The topological polar surface area (TPSA) is 147 Å². The average molecular weight is 870 g/mol. The number of aliphatic carboxylic acids is 1. The van der Waals surface area contributed by atoms with Crippen molar-refractivity contribution in [3.63, 3.8) is 0 Å². The Morgan fingerprint density at radius 3 is 2.02 bits per heavy atom. The van der Waals surface area contributed by atoms with Gasteiger partial charge in [0.05, 0.1) is 4.90 Å². The first-order valence-electron chi connectivity index (χ1n) is 22.3. The molecule has 328 valence electrons. The lowest BCUT2D eigenvalue weighted by Gasteiger charge is -2.26. The fraction of sp³-hybridized carbons (Fsp3) is 0.353. The maximum Gasteiger partial charge on any atom is 0.407 e. The Kier molecular flexibility index (Phi) is 11.8. The number of carbonyl (C=O) groups excluding carboxylic acids is 1. The van der Waals surface area contributed by atoms with Gasteiger partial charge in [-0.1, -0.05) is 97.1 Å². The largest absolute Gasteiger partial charge is 0.487 e. The van der Waals surface area contributed by atoms with Crippen molar-refractivity contribution in [3.05, 3.63) is 153 Å². The molecule has 63 heavy (non-hydrogen) atoms. The molecule has 5 aromatic carbocycles. The van der Waals surface area contributed by atoms with Crippen LogP contribution in [0.15, 0.2) is 107 Å². The SMILES string of the molecule is [2H]CN(CCCC[C@H](NC(=O)OCC1c2ccccc2-c2ccccc21)C(=O)O)C(=NC1c2ccccc2CCc2ccccc21)NS(=O)(=O)c1c(C)c(C)c2c(c1C)CC(C)(C)O2. The second kappa shape index (κ2) is 17.6.